The van der Waals surface area contributed by atoms with Gasteiger partial charge in [0.1, 0.15) is 10.8 Å². The zero-order valence-electron chi connectivity index (χ0n) is 10.2. The minimum absolute atomic E-state index is 0.236. The first-order valence-electron chi connectivity index (χ1n) is 6.01. The summed E-state index contributed by atoms with van der Waals surface area (Å²) in [6.07, 6.45) is 1.38. The summed E-state index contributed by atoms with van der Waals surface area (Å²) >= 11 is 1.51. The van der Waals surface area contributed by atoms with Crippen molar-refractivity contribution >= 4 is 32.6 Å². The van der Waals surface area contributed by atoms with Crippen LogP contribution in [0.5, 0.6) is 5.75 Å². The highest BCUT2D eigenvalue weighted by atomic mass is 32.1. The molecule has 0 aliphatic carbocycles. The monoisotopic (exact) mass is 283 g/mol. The highest BCUT2D eigenvalue weighted by Gasteiger charge is 2.10. The summed E-state index contributed by atoms with van der Waals surface area (Å²) in [7, 11) is 0. The number of aromatic nitrogens is 3. The van der Waals surface area contributed by atoms with Crippen LogP contribution in [0.25, 0.3) is 31.8 Å². The molecule has 2 heterocycles. The maximum absolute atomic E-state index is 11.4. The number of nitrogens with zero attached hydrogens (tertiary/aromatic N) is 2. The zero-order valence-corrected chi connectivity index (χ0v) is 11.0. The SMILES string of the molecule is [O-][n+]1c[nH]c2cc(-c3nc4ccc(O)cc4s3)ccc21. The van der Waals surface area contributed by atoms with Crippen LogP contribution in [0, 0.1) is 5.21 Å². The number of rotatable bonds is 1. The van der Waals surface area contributed by atoms with Gasteiger partial charge in [-0.3, -0.25) is 0 Å². The number of phenols is 1. The minimum Gasteiger partial charge on any atom is -0.710 e. The van der Waals surface area contributed by atoms with Gasteiger partial charge in [0, 0.05) is 5.56 Å². The first-order valence-corrected chi connectivity index (χ1v) is 6.82. The number of nitrogens with one attached hydrogen (secondary N) is 1. The third-order valence-electron chi connectivity index (χ3n) is 3.19. The Morgan fingerprint density at radius 2 is 2.10 bits per heavy atom. The Hall–Kier alpha value is -2.60. The van der Waals surface area contributed by atoms with Crippen molar-refractivity contribution < 1.29 is 9.84 Å². The Balaban J connectivity index is 1.91. The van der Waals surface area contributed by atoms with Crippen LogP contribution in [0.4, 0.5) is 0 Å². The highest BCUT2D eigenvalue weighted by Crippen LogP contribution is 2.32. The van der Waals surface area contributed by atoms with Gasteiger partial charge in [0.2, 0.25) is 6.33 Å². The Morgan fingerprint density at radius 1 is 1.20 bits per heavy atom. The zero-order chi connectivity index (χ0) is 13.7. The Bertz CT molecular complexity index is 942. The van der Waals surface area contributed by atoms with Crippen LogP contribution in [0.2, 0.25) is 0 Å². The Kier molecular flexibility index (Phi) is 2.22. The second-order valence-electron chi connectivity index (χ2n) is 4.50. The molecule has 2 N–H and O–H groups in total. The summed E-state index contributed by atoms with van der Waals surface area (Å²) in [5, 5.41) is 21.8. The largest absolute Gasteiger partial charge is 0.710 e. The van der Waals surface area contributed by atoms with E-state index < -0.39 is 0 Å². The van der Waals surface area contributed by atoms with E-state index in [4.69, 9.17) is 0 Å². The van der Waals surface area contributed by atoms with Crippen LogP contribution in [0.3, 0.4) is 0 Å². The van der Waals surface area contributed by atoms with Gasteiger partial charge in [0.05, 0.1) is 10.2 Å². The number of phenolic OH excluding ortho intramolecular Hbond substituents is 1. The number of benzene rings is 2. The molecule has 0 aliphatic rings. The van der Waals surface area contributed by atoms with Crippen LogP contribution < -0.4 is 4.73 Å². The Morgan fingerprint density at radius 3 is 3.00 bits per heavy atom. The fraction of sp³-hybridized carbons (Fsp3) is 0. The van der Waals surface area contributed by atoms with Crippen molar-refractivity contribution in [2.75, 3.05) is 0 Å². The molecule has 0 saturated carbocycles. The van der Waals surface area contributed by atoms with Gasteiger partial charge in [-0.05, 0) is 36.4 Å². The second-order valence-corrected chi connectivity index (χ2v) is 5.53. The van der Waals surface area contributed by atoms with E-state index in [1.54, 1.807) is 24.3 Å². The van der Waals surface area contributed by atoms with E-state index in [0.717, 1.165) is 31.0 Å². The fourth-order valence-electron chi connectivity index (χ4n) is 2.21. The molecule has 0 bridgehead atoms. The van der Waals surface area contributed by atoms with E-state index in [2.05, 4.69) is 9.97 Å². The molecule has 0 unspecified atom stereocenters. The third-order valence-corrected chi connectivity index (χ3v) is 4.26. The van der Waals surface area contributed by atoms with Crippen molar-refractivity contribution in [3.8, 4) is 16.3 Å². The highest BCUT2D eigenvalue weighted by molar-refractivity contribution is 7.21. The smallest absolute Gasteiger partial charge is 0.245 e. The van der Waals surface area contributed by atoms with Gasteiger partial charge in [0.15, 0.2) is 11.0 Å². The lowest BCUT2D eigenvalue weighted by atomic mass is 10.2. The lowest BCUT2D eigenvalue weighted by Gasteiger charge is -1.97. The summed E-state index contributed by atoms with van der Waals surface area (Å²) in [6, 6.07) is 10.7. The van der Waals surface area contributed by atoms with Gasteiger partial charge < -0.3 is 10.3 Å². The summed E-state index contributed by atoms with van der Waals surface area (Å²) in [6.45, 7) is 0. The number of thiazole rings is 1. The molecule has 20 heavy (non-hydrogen) atoms. The molecule has 5 nitrogen and oxygen atoms in total. The minimum atomic E-state index is 0.236. The van der Waals surface area contributed by atoms with E-state index in [1.165, 1.54) is 17.7 Å². The molecule has 4 rings (SSSR count). The summed E-state index contributed by atoms with van der Waals surface area (Å²) in [4.78, 5) is 7.47. The number of aromatic hydroxyl groups is 1. The molecule has 2 aromatic carbocycles. The molecule has 0 atom stereocenters. The molecule has 4 aromatic rings. The average molecular weight is 283 g/mol. The van der Waals surface area contributed by atoms with Crippen molar-refractivity contribution in [3.63, 3.8) is 0 Å². The van der Waals surface area contributed by atoms with E-state index in [0.29, 0.717) is 5.52 Å². The van der Waals surface area contributed by atoms with Crippen molar-refractivity contribution in [3.05, 3.63) is 47.9 Å². The van der Waals surface area contributed by atoms with E-state index in [-0.39, 0.29) is 5.75 Å². The predicted molar refractivity (Wildman–Crippen MR) is 77.5 cm³/mol. The van der Waals surface area contributed by atoms with Crippen LogP contribution in [-0.4, -0.2) is 15.1 Å². The summed E-state index contributed by atoms with van der Waals surface area (Å²) in [5.41, 5.74) is 3.18. The molecule has 2 aromatic heterocycles. The normalized spacial score (nSPS) is 11.4. The van der Waals surface area contributed by atoms with E-state index in [1.807, 2.05) is 12.1 Å². The first-order chi connectivity index (χ1) is 9.70. The second kappa shape index (κ2) is 3.94. The molecule has 0 saturated heterocycles. The standard InChI is InChI=1S/C14H9N3O2S/c18-9-2-3-10-13(6-9)20-14(16-10)8-1-4-12-11(5-8)15-7-17(12)19/h1-7,15,18H. The summed E-state index contributed by atoms with van der Waals surface area (Å²) < 4.78 is 1.74. The molecule has 6 heteroatoms. The molecule has 0 fully saturated rings. The van der Waals surface area contributed by atoms with Gasteiger partial charge in [-0.2, -0.15) is 0 Å². The molecule has 98 valence electrons. The quantitative estimate of drug-likeness (QED) is 0.416. The van der Waals surface area contributed by atoms with Gasteiger partial charge in [-0.25, -0.2) is 14.7 Å². The molecular weight excluding hydrogens is 274 g/mol. The number of imidazole rings is 1. The number of fused-ring (bicyclic) bond motifs is 2. The molecule has 0 amide bonds. The number of hydrogen-bond donors (Lipinski definition) is 2. The van der Waals surface area contributed by atoms with Crippen LogP contribution in [0.1, 0.15) is 0 Å². The maximum Gasteiger partial charge on any atom is 0.245 e. The van der Waals surface area contributed by atoms with Crippen molar-refractivity contribution in [1.29, 1.82) is 0 Å². The lowest BCUT2D eigenvalue weighted by molar-refractivity contribution is -0.576. The molecular formula is C14H9N3O2S. The van der Waals surface area contributed by atoms with E-state index >= 15 is 0 Å². The van der Waals surface area contributed by atoms with Crippen molar-refractivity contribution in [2.24, 2.45) is 0 Å². The van der Waals surface area contributed by atoms with E-state index in [9.17, 15) is 10.3 Å². The number of aromatic amines is 1. The first kappa shape index (κ1) is 11.2. The molecule has 0 radical (unpaired) electrons. The van der Waals surface area contributed by atoms with Gasteiger partial charge in [0.25, 0.3) is 0 Å². The van der Waals surface area contributed by atoms with Crippen molar-refractivity contribution in [2.45, 2.75) is 0 Å². The van der Waals surface area contributed by atoms with Crippen LogP contribution in [-0.2, 0) is 0 Å². The number of H-pyrrole nitrogens is 1. The Labute approximate surface area is 117 Å². The van der Waals surface area contributed by atoms with Crippen LogP contribution in [0.15, 0.2) is 42.7 Å². The molecule has 0 aliphatic heterocycles. The average Bonchev–Trinajstić information content (AvgIpc) is 3.02. The topological polar surface area (TPSA) is 75.8 Å². The fourth-order valence-corrected chi connectivity index (χ4v) is 3.21. The predicted octanol–water partition coefficient (Wildman–Crippen LogP) is 2.78. The summed E-state index contributed by atoms with van der Waals surface area (Å²) in [5.74, 6) is 0.236. The van der Waals surface area contributed by atoms with Gasteiger partial charge in [-0.15, -0.1) is 11.3 Å². The van der Waals surface area contributed by atoms with Gasteiger partial charge >= 0.3 is 0 Å². The lowest BCUT2D eigenvalue weighted by Crippen LogP contribution is -2.22. The molecule has 0 spiro atoms. The maximum atomic E-state index is 11.4. The van der Waals surface area contributed by atoms with Crippen LogP contribution >= 0.6 is 11.3 Å². The van der Waals surface area contributed by atoms with Gasteiger partial charge in [-0.1, -0.05) is 0 Å². The van der Waals surface area contributed by atoms with Crippen molar-refractivity contribution in [1.82, 2.24) is 9.97 Å². The third kappa shape index (κ3) is 1.62. The number of hydrogen-bond acceptors (Lipinski definition) is 4.